The third-order valence-electron chi connectivity index (χ3n) is 4.16. The molecule has 3 rings (SSSR count). The molecule has 9 nitrogen and oxygen atoms in total. The third kappa shape index (κ3) is 4.14. The first kappa shape index (κ1) is 20.2. The van der Waals surface area contributed by atoms with Crippen molar-refractivity contribution < 1.29 is 19.4 Å². The van der Waals surface area contributed by atoms with Crippen molar-refractivity contribution in [2.24, 2.45) is 0 Å². The zero-order valence-electron chi connectivity index (χ0n) is 15.2. The maximum absolute atomic E-state index is 12.7. The molecule has 1 heterocycles. The van der Waals surface area contributed by atoms with Gasteiger partial charge < -0.3 is 15.2 Å². The zero-order valence-corrected chi connectivity index (χ0v) is 16.0. The number of carbonyl (C=O) groups excluding carboxylic acids is 1. The van der Waals surface area contributed by atoms with Gasteiger partial charge in [0.25, 0.3) is 5.56 Å². The van der Waals surface area contributed by atoms with Gasteiger partial charge in [0, 0.05) is 5.02 Å². The maximum atomic E-state index is 12.7. The van der Waals surface area contributed by atoms with Crippen molar-refractivity contribution in [3.05, 3.63) is 68.3 Å². The molecule has 1 amide bonds. The number of fused-ring (bicyclic) bond motifs is 1. The molecule has 0 atom stereocenters. The number of para-hydroxylation sites is 1. The van der Waals surface area contributed by atoms with Gasteiger partial charge in [-0.25, -0.2) is 9.36 Å². The van der Waals surface area contributed by atoms with Crippen LogP contribution in [0.25, 0.3) is 10.9 Å². The number of carbonyl (C=O) groups is 2. The molecule has 0 aliphatic carbocycles. The van der Waals surface area contributed by atoms with E-state index in [4.69, 9.17) is 21.4 Å². The topological polar surface area (TPSA) is 120 Å². The summed E-state index contributed by atoms with van der Waals surface area (Å²) >= 11 is 5.95. The van der Waals surface area contributed by atoms with E-state index in [-0.39, 0.29) is 10.9 Å². The maximum Gasteiger partial charge on any atom is 0.332 e. The molecule has 0 aliphatic rings. The Balaban J connectivity index is 2.05. The van der Waals surface area contributed by atoms with Crippen LogP contribution in [0.2, 0.25) is 5.02 Å². The molecule has 0 saturated heterocycles. The van der Waals surface area contributed by atoms with E-state index >= 15 is 0 Å². The molecule has 10 heteroatoms. The normalized spacial score (nSPS) is 10.7. The molecular formula is C19H16ClN3O6. The molecule has 29 heavy (non-hydrogen) atoms. The van der Waals surface area contributed by atoms with Crippen LogP contribution in [0.5, 0.6) is 5.75 Å². The van der Waals surface area contributed by atoms with E-state index in [1.165, 1.54) is 25.3 Å². The first-order valence-corrected chi connectivity index (χ1v) is 8.77. The molecule has 0 saturated carbocycles. The second-order valence-electron chi connectivity index (χ2n) is 6.06. The Labute approximate surface area is 168 Å². The van der Waals surface area contributed by atoms with Gasteiger partial charge in [0.1, 0.15) is 18.8 Å². The van der Waals surface area contributed by atoms with Gasteiger partial charge in [-0.15, -0.1) is 0 Å². The number of methoxy groups -OCH3 is 1. The van der Waals surface area contributed by atoms with E-state index in [9.17, 15) is 19.2 Å². The lowest BCUT2D eigenvalue weighted by Crippen LogP contribution is -2.43. The number of nitrogens with one attached hydrogen (secondary N) is 1. The van der Waals surface area contributed by atoms with Crippen molar-refractivity contribution in [1.82, 2.24) is 9.13 Å². The van der Waals surface area contributed by atoms with Crippen LogP contribution < -0.4 is 21.3 Å². The number of nitrogens with zero attached hydrogens (tertiary/aromatic N) is 2. The van der Waals surface area contributed by atoms with Crippen LogP contribution in [0.15, 0.2) is 52.1 Å². The molecule has 1 aromatic heterocycles. The number of rotatable bonds is 6. The largest absolute Gasteiger partial charge is 0.495 e. The molecule has 2 N–H and O–H groups in total. The van der Waals surface area contributed by atoms with Crippen molar-refractivity contribution in [2.45, 2.75) is 13.1 Å². The predicted octanol–water partition coefficient (Wildman–Crippen LogP) is 1.55. The second kappa shape index (κ2) is 8.19. The number of anilines is 1. The van der Waals surface area contributed by atoms with E-state index in [1.54, 1.807) is 24.3 Å². The Kier molecular flexibility index (Phi) is 5.69. The lowest BCUT2D eigenvalue weighted by molar-refractivity contribution is -0.137. The number of carboxylic acids is 1. The number of halogens is 1. The van der Waals surface area contributed by atoms with Gasteiger partial charge in [-0.05, 0) is 30.3 Å². The smallest absolute Gasteiger partial charge is 0.332 e. The molecule has 0 unspecified atom stereocenters. The van der Waals surface area contributed by atoms with E-state index in [0.717, 1.165) is 4.57 Å². The Morgan fingerprint density at radius 1 is 1.10 bits per heavy atom. The standard InChI is InChI=1S/C19H16ClN3O6/c1-29-15-7-6-11(20)8-13(15)21-16(24)9-22-14-5-3-2-4-12(14)18(27)23(19(22)28)10-17(25)26/h2-8H,9-10H2,1H3,(H,21,24)(H,25,26). The second-order valence-corrected chi connectivity index (χ2v) is 6.50. The van der Waals surface area contributed by atoms with Crippen LogP contribution in [0, 0.1) is 0 Å². The van der Waals surface area contributed by atoms with Crippen LogP contribution in [0.3, 0.4) is 0 Å². The monoisotopic (exact) mass is 417 g/mol. The van der Waals surface area contributed by atoms with Gasteiger partial charge in [0.05, 0.1) is 23.7 Å². The van der Waals surface area contributed by atoms with Crippen LogP contribution in [-0.2, 0) is 22.7 Å². The number of hydrogen-bond donors (Lipinski definition) is 2. The first-order valence-electron chi connectivity index (χ1n) is 8.39. The average Bonchev–Trinajstić information content (AvgIpc) is 2.68. The van der Waals surface area contributed by atoms with Gasteiger partial charge in [-0.1, -0.05) is 23.7 Å². The quantitative estimate of drug-likeness (QED) is 0.628. The van der Waals surface area contributed by atoms with Gasteiger partial charge in [0.15, 0.2) is 0 Å². The van der Waals surface area contributed by atoms with Crippen LogP contribution in [-0.4, -0.2) is 33.2 Å². The molecule has 0 spiro atoms. The van der Waals surface area contributed by atoms with Crippen molar-refractivity contribution in [3.8, 4) is 5.75 Å². The Morgan fingerprint density at radius 3 is 2.52 bits per heavy atom. The fourth-order valence-corrected chi connectivity index (χ4v) is 3.08. The highest BCUT2D eigenvalue weighted by Crippen LogP contribution is 2.27. The van der Waals surface area contributed by atoms with Crippen LogP contribution >= 0.6 is 11.6 Å². The Hall–Kier alpha value is -3.59. The summed E-state index contributed by atoms with van der Waals surface area (Å²) in [5, 5.41) is 12.1. The summed E-state index contributed by atoms with van der Waals surface area (Å²) in [6, 6.07) is 10.8. The fraction of sp³-hybridized carbons (Fsp3) is 0.158. The molecule has 0 radical (unpaired) electrons. The summed E-state index contributed by atoms with van der Waals surface area (Å²) < 4.78 is 6.80. The number of ether oxygens (including phenoxy) is 1. The minimum absolute atomic E-state index is 0.126. The van der Waals surface area contributed by atoms with Gasteiger partial charge in [-0.3, -0.25) is 19.0 Å². The molecule has 2 aromatic carbocycles. The Morgan fingerprint density at radius 2 is 1.83 bits per heavy atom. The lowest BCUT2D eigenvalue weighted by Gasteiger charge is -2.14. The summed E-state index contributed by atoms with van der Waals surface area (Å²) in [4.78, 5) is 48.9. The number of hydrogen-bond acceptors (Lipinski definition) is 5. The Bertz CT molecular complexity index is 1230. The molecule has 3 aromatic rings. The highest BCUT2D eigenvalue weighted by molar-refractivity contribution is 6.31. The minimum Gasteiger partial charge on any atom is -0.495 e. The van der Waals surface area contributed by atoms with Crippen LogP contribution in [0.4, 0.5) is 5.69 Å². The van der Waals surface area contributed by atoms with Crippen molar-refractivity contribution in [1.29, 1.82) is 0 Å². The number of aromatic nitrogens is 2. The minimum atomic E-state index is -1.35. The lowest BCUT2D eigenvalue weighted by atomic mass is 10.2. The molecule has 150 valence electrons. The third-order valence-corrected chi connectivity index (χ3v) is 4.40. The molecule has 0 aliphatic heterocycles. The number of amides is 1. The molecular weight excluding hydrogens is 402 g/mol. The SMILES string of the molecule is COc1ccc(Cl)cc1NC(=O)Cn1c(=O)n(CC(=O)O)c(=O)c2ccccc21. The van der Waals surface area contributed by atoms with E-state index < -0.39 is 36.2 Å². The van der Waals surface area contributed by atoms with E-state index in [1.807, 2.05) is 0 Å². The summed E-state index contributed by atoms with van der Waals surface area (Å²) in [5.74, 6) is -1.56. The van der Waals surface area contributed by atoms with Gasteiger partial charge in [0.2, 0.25) is 5.91 Å². The zero-order chi connectivity index (χ0) is 21.1. The molecule has 0 bridgehead atoms. The van der Waals surface area contributed by atoms with Gasteiger partial charge >= 0.3 is 11.7 Å². The van der Waals surface area contributed by atoms with Crippen molar-refractivity contribution in [2.75, 3.05) is 12.4 Å². The summed E-state index contributed by atoms with van der Waals surface area (Å²) in [5.41, 5.74) is -1.11. The predicted molar refractivity (Wildman–Crippen MR) is 107 cm³/mol. The number of carboxylic acid groups (broad SMARTS) is 1. The van der Waals surface area contributed by atoms with Crippen LogP contribution in [0.1, 0.15) is 0 Å². The highest BCUT2D eigenvalue weighted by atomic mass is 35.5. The first-order chi connectivity index (χ1) is 13.8. The summed E-state index contributed by atoms with van der Waals surface area (Å²) in [6.07, 6.45) is 0. The highest BCUT2D eigenvalue weighted by Gasteiger charge is 2.17. The molecule has 0 fully saturated rings. The van der Waals surface area contributed by atoms with E-state index in [2.05, 4.69) is 5.32 Å². The number of aliphatic carboxylic acids is 1. The average molecular weight is 418 g/mol. The van der Waals surface area contributed by atoms with E-state index in [0.29, 0.717) is 21.0 Å². The summed E-state index contributed by atoms with van der Waals surface area (Å²) in [6.45, 7) is -1.26. The number of benzene rings is 2. The summed E-state index contributed by atoms with van der Waals surface area (Å²) in [7, 11) is 1.43. The van der Waals surface area contributed by atoms with Crippen molar-refractivity contribution >= 4 is 40.1 Å². The fourth-order valence-electron chi connectivity index (χ4n) is 2.91. The van der Waals surface area contributed by atoms with Crippen molar-refractivity contribution in [3.63, 3.8) is 0 Å². The van der Waals surface area contributed by atoms with Gasteiger partial charge in [-0.2, -0.15) is 0 Å².